The Balaban J connectivity index is 1.57. The molecule has 2 heterocycles. The summed E-state index contributed by atoms with van der Waals surface area (Å²) < 4.78 is -0.155. The van der Waals surface area contributed by atoms with Crippen LogP contribution >= 0.6 is 11.8 Å². The van der Waals surface area contributed by atoms with Gasteiger partial charge in [-0.25, -0.2) is 0 Å². The number of nitrogens with one attached hydrogen (secondary N) is 2. The summed E-state index contributed by atoms with van der Waals surface area (Å²) in [5.41, 5.74) is 0.375. The molecule has 4 heteroatoms. The average Bonchev–Trinajstić information content (AvgIpc) is 2.76. The first-order valence-corrected chi connectivity index (χ1v) is 8.31. The molecule has 1 spiro atoms. The second kappa shape index (κ2) is 4.71. The lowest BCUT2D eigenvalue weighted by Gasteiger charge is -2.48. The van der Waals surface area contributed by atoms with Gasteiger partial charge >= 0.3 is 0 Å². The lowest BCUT2D eigenvalue weighted by atomic mass is 9.70. The van der Waals surface area contributed by atoms with Gasteiger partial charge in [-0.15, -0.1) is 11.8 Å². The highest BCUT2D eigenvalue weighted by Crippen LogP contribution is 2.40. The van der Waals surface area contributed by atoms with Crippen molar-refractivity contribution in [2.75, 3.05) is 12.3 Å². The van der Waals surface area contributed by atoms with Gasteiger partial charge in [-0.3, -0.25) is 4.79 Å². The van der Waals surface area contributed by atoms with Crippen molar-refractivity contribution in [3.63, 3.8) is 0 Å². The maximum atomic E-state index is 12.4. The van der Waals surface area contributed by atoms with E-state index >= 15 is 0 Å². The highest BCUT2D eigenvalue weighted by Gasteiger charge is 2.43. The molecule has 2 unspecified atom stereocenters. The Morgan fingerprint density at radius 2 is 2.17 bits per heavy atom. The summed E-state index contributed by atoms with van der Waals surface area (Å²) >= 11 is 1.83. The number of thioether (sulfide) groups is 1. The number of carbonyl (C=O) groups is 1. The fraction of sp³-hybridized carbons (Fsp3) is 0.929. The van der Waals surface area contributed by atoms with E-state index < -0.39 is 0 Å². The third-order valence-corrected chi connectivity index (χ3v) is 6.49. The zero-order chi connectivity index (χ0) is 12.6. The lowest BCUT2D eigenvalue weighted by molar-refractivity contribution is -0.124. The molecule has 0 aromatic rings. The van der Waals surface area contributed by atoms with Crippen LogP contribution in [0.15, 0.2) is 0 Å². The molecule has 1 saturated carbocycles. The van der Waals surface area contributed by atoms with Crippen molar-refractivity contribution >= 4 is 17.7 Å². The zero-order valence-electron chi connectivity index (χ0n) is 11.3. The largest absolute Gasteiger partial charge is 0.352 e. The fourth-order valence-corrected chi connectivity index (χ4v) is 4.78. The van der Waals surface area contributed by atoms with Gasteiger partial charge in [0.25, 0.3) is 0 Å². The molecule has 0 aromatic carbocycles. The summed E-state index contributed by atoms with van der Waals surface area (Å²) in [4.78, 5) is 12.4. The highest BCUT2D eigenvalue weighted by molar-refractivity contribution is 8.01. The van der Waals surface area contributed by atoms with Crippen molar-refractivity contribution in [2.24, 2.45) is 0 Å². The summed E-state index contributed by atoms with van der Waals surface area (Å²) in [5.74, 6) is 1.42. The SMILES string of the molecule is CC1(C(=O)NC2CCNC3(CCC3)C2)CCCS1. The van der Waals surface area contributed by atoms with Gasteiger partial charge in [0, 0.05) is 11.6 Å². The van der Waals surface area contributed by atoms with E-state index in [4.69, 9.17) is 0 Å². The predicted octanol–water partition coefficient (Wildman–Crippen LogP) is 2.06. The van der Waals surface area contributed by atoms with Crippen LogP contribution in [-0.2, 0) is 4.79 Å². The summed E-state index contributed by atoms with van der Waals surface area (Å²) in [5, 5.41) is 6.98. The van der Waals surface area contributed by atoms with E-state index in [1.54, 1.807) is 0 Å². The first-order chi connectivity index (χ1) is 8.62. The molecule has 3 fully saturated rings. The molecule has 2 aliphatic heterocycles. The monoisotopic (exact) mass is 268 g/mol. The van der Waals surface area contributed by atoms with Crippen molar-refractivity contribution in [3.05, 3.63) is 0 Å². The molecular formula is C14H24N2OS. The molecule has 102 valence electrons. The summed E-state index contributed by atoms with van der Waals surface area (Å²) in [7, 11) is 0. The summed E-state index contributed by atoms with van der Waals surface area (Å²) in [6.07, 6.45) is 8.40. The van der Waals surface area contributed by atoms with Crippen molar-refractivity contribution in [1.29, 1.82) is 0 Å². The third-order valence-electron chi connectivity index (χ3n) is 4.97. The lowest BCUT2D eigenvalue weighted by Crippen LogP contribution is -2.60. The minimum atomic E-state index is -0.155. The number of amides is 1. The molecule has 18 heavy (non-hydrogen) atoms. The standard InChI is InChI=1S/C14H24N2OS/c1-13(5-3-9-18-13)12(17)16-11-4-8-15-14(10-11)6-2-7-14/h11,15H,2-10H2,1H3,(H,16,17). The molecule has 0 radical (unpaired) electrons. The van der Waals surface area contributed by atoms with Gasteiger partial charge in [-0.1, -0.05) is 0 Å². The van der Waals surface area contributed by atoms with Crippen LogP contribution in [-0.4, -0.2) is 34.5 Å². The first kappa shape index (κ1) is 12.8. The van der Waals surface area contributed by atoms with Crippen molar-refractivity contribution in [3.8, 4) is 0 Å². The molecule has 3 rings (SSSR count). The predicted molar refractivity (Wildman–Crippen MR) is 75.8 cm³/mol. The average molecular weight is 268 g/mol. The number of hydrogen-bond donors (Lipinski definition) is 2. The van der Waals surface area contributed by atoms with Gasteiger partial charge in [0.2, 0.25) is 5.91 Å². The molecule has 0 aromatic heterocycles. The van der Waals surface area contributed by atoms with Gasteiger partial charge < -0.3 is 10.6 Å². The first-order valence-electron chi connectivity index (χ1n) is 7.32. The molecule has 2 saturated heterocycles. The fourth-order valence-electron chi connectivity index (χ4n) is 3.56. The maximum Gasteiger partial charge on any atom is 0.236 e. The second-order valence-corrected chi connectivity index (χ2v) is 8.00. The Morgan fingerprint density at radius 3 is 2.78 bits per heavy atom. The van der Waals surface area contributed by atoms with Crippen LogP contribution in [0.2, 0.25) is 0 Å². The van der Waals surface area contributed by atoms with Crippen LogP contribution in [0.25, 0.3) is 0 Å². The van der Waals surface area contributed by atoms with Crippen LogP contribution in [0.4, 0.5) is 0 Å². The van der Waals surface area contributed by atoms with Crippen LogP contribution < -0.4 is 10.6 Å². The van der Waals surface area contributed by atoms with Crippen LogP contribution in [0.1, 0.15) is 51.9 Å². The minimum absolute atomic E-state index is 0.155. The Labute approximate surface area is 114 Å². The Kier molecular flexibility index (Phi) is 3.35. The van der Waals surface area contributed by atoms with Crippen LogP contribution in [0.5, 0.6) is 0 Å². The van der Waals surface area contributed by atoms with Gasteiger partial charge in [0.1, 0.15) is 0 Å². The van der Waals surface area contributed by atoms with Gasteiger partial charge in [0.15, 0.2) is 0 Å². The van der Waals surface area contributed by atoms with Gasteiger partial charge in [-0.05, 0) is 64.2 Å². The van der Waals surface area contributed by atoms with E-state index in [9.17, 15) is 4.79 Å². The summed E-state index contributed by atoms with van der Waals surface area (Å²) in [6, 6.07) is 0.400. The molecule has 3 aliphatic rings. The quantitative estimate of drug-likeness (QED) is 0.805. The Bertz CT molecular complexity index is 335. The number of piperidine rings is 1. The van der Waals surface area contributed by atoms with Gasteiger partial charge in [0.05, 0.1) is 4.75 Å². The second-order valence-electron chi connectivity index (χ2n) is 6.41. The summed E-state index contributed by atoms with van der Waals surface area (Å²) in [6.45, 7) is 3.18. The normalized spacial score (nSPS) is 38.4. The van der Waals surface area contributed by atoms with E-state index in [1.807, 2.05) is 11.8 Å². The van der Waals surface area contributed by atoms with Crippen molar-refractivity contribution in [2.45, 2.75) is 68.2 Å². The molecule has 3 nitrogen and oxygen atoms in total. The molecule has 1 amide bonds. The topological polar surface area (TPSA) is 41.1 Å². The van der Waals surface area contributed by atoms with Crippen LogP contribution in [0.3, 0.4) is 0 Å². The molecular weight excluding hydrogens is 244 g/mol. The number of rotatable bonds is 2. The highest BCUT2D eigenvalue weighted by atomic mass is 32.2. The number of hydrogen-bond acceptors (Lipinski definition) is 3. The molecule has 0 bridgehead atoms. The van der Waals surface area contributed by atoms with E-state index in [0.717, 1.165) is 31.6 Å². The van der Waals surface area contributed by atoms with E-state index in [0.29, 0.717) is 11.6 Å². The van der Waals surface area contributed by atoms with Gasteiger partial charge in [-0.2, -0.15) is 0 Å². The van der Waals surface area contributed by atoms with E-state index in [1.165, 1.54) is 25.7 Å². The Hall–Kier alpha value is -0.220. The van der Waals surface area contributed by atoms with Crippen LogP contribution in [0, 0.1) is 0 Å². The van der Waals surface area contributed by atoms with E-state index in [2.05, 4.69) is 17.6 Å². The van der Waals surface area contributed by atoms with E-state index in [-0.39, 0.29) is 10.7 Å². The van der Waals surface area contributed by atoms with Crippen molar-refractivity contribution in [1.82, 2.24) is 10.6 Å². The molecule has 2 atom stereocenters. The zero-order valence-corrected chi connectivity index (χ0v) is 12.1. The maximum absolute atomic E-state index is 12.4. The van der Waals surface area contributed by atoms with Crippen molar-refractivity contribution < 1.29 is 4.79 Å². The Morgan fingerprint density at radius 1 is 1.33 bits per heavy atom. The molecule has 2 N–H and O–H groups in total. The minimum Gasteiger partial charge on any atom is -0.352 e. The number of carbonyl (C=O) groups excluding carboxylic acids is 1. The third kappa shape index (κ3) is 2.29. The smallest absolute Gasteiger partial charge is 0.236 e. The molecule has 1 aliphatic carbocycles.